The van der Waals surface area contributed by atoms with Gasteiger partial charge in [-0.05, 0) is 24.6 Å². The fourth-order valence-corrected chi connectivity index (χ4v) is 1.39. The van der Waals surface area contributed by atoms with Gasteiger partial charge in [0.05, 0.1) is 5.56 Å². The van der Waals surface area contributed by atoms with Crippen LogP contribution in [-0.4, -0.2) is 5.97 Å². The third-order valence-electron chi connectivity index (χ3n) is 2.24. The second-order valence-corrected chi connectivity index (χ2v) is 3.61. The molecule has 86 valence electrons. The molecule has 0 atom stereocenters. The molecule has 0 saturated carbocycles. The molecule has 2 aromatic rings. The van der Waals surface area contributed by atoms with Crippen LogP contribution in [0.4, 0.5) is 4.39 Å². The van der Waals surface area contributed by atoms with E-state index in [0.29, 0.717) is 5.75 Å². The van der Waals surface area contributed by atoms with Crippen LogP contribution in [0.1, 0.15) is 15.9 Å². The number of hydrogen-bond acceptors (Lipinski definition) is 2. The van der Waals surface area contributed by atoms with Gasteiger partial charge >= 0.3 is 64.2 Å². The maximum absolute atomic E-state index is 13.5. The molecule has 2 rings (SSSR count). The number of ether oxygens (including phenoxy) is 1. The summed E-state index contributed by atoms with van der Waals surface area (Å²) in [5, 5.41) is 0. The zero-order valence-corrected chi connectivity index (χ0v) is 15.2. The first kappa shape index (κ1) is 15.7. The van der Waals surface area contributed by atoms with Crippen molar-refractivity contribution >= 4 is 5.97 Å². The van der Waals surface area contributed by atoms with E-state index in [1.54, 1.807) is 37.3 Å². The van der Waals surface area contributed by atoms with Gasteiger partial charge in [0.25, 0.3) is 0 Å². The molecule has 0 unspecified atom stereocenters. The Morgan fingerprint density at radius 3 is 2.50 bits per heavy atom. The van der Waals surface area contributed by atoms with Crippen LogP contribution in [0.2, 0.25) is 0 Å². The molecule has 0 radical (unpaired) electrons. The summed E-state index contributed by atoms with van der Waals surface area (Å²) < 4.78 is 18.5. The van der Waals surface area contributed by atoms with Gasteiger partial charge in [-0.1, -0.05) is 6.07 Å². The first-order valence-corrected chi connectivity index (χ1v) is 5.11. The third kappa shape index (κ3) is 4.09. The molecular weight excluding hydrogens is 305 g/mol. The van der Waals surface area contributed by atoms with Crippen LogP contribution in [0.5, 0.6) is 5.75 Å². The molecule has 0 aromatic heterocycles. The molecule has 2 aromatic carbocycles. The average molecular weight is 315 g/mol. The Morgan fingerprint density at radius 1 is 1.22 bits per heavy atom. The summed E-state index contributed by atoms with van der Waals surface area (Å²) >= 11 is 0. The molecule has 0 bridgehead atoms. The molecule has 0 aliphatic heterocycles. The first-order chi connectivity index (χ1) is 8.16. The quantitative estimate of drug-likeness (QED) is 0.448. The predicted molar refractivity (Wildman–Crippen MR) is 61.4 cm³/mol. The normalized spacial score (nSPS) is 9.44. The van der Waals surface area contributed by atoms with E-state index in [2.05, 4.69) is 6.07 Å². The summed E-state index contributed by atoms with van der Waals surface area (Å²) in [5.41, 5.74) is 0.691. The Bertz CT molecular complexity index is 541. The van der Waals surface area contributed by atoms with E-state index in [1.807, 2.05) is 0 Å². The van der Waals surface area contributed by atoms with Crippen molar-refractivity contribution in [2.24, 2.45) is 0 Å². The summed E-state index contributed by atoms with van der Waals surface area (Å²) in [7, 11) is 0. The Hall–Kier alpha value is -0.355. The molecule has 0 fully saturated rings. The maximum Gasteiger partial charge on any atom is 1.00 e. The van der Waals surface area contributed by atoms with Crippen LogP contribution >= 0.6 is 0 Å². The summed E-state index contributed by atoms with van der Waals surface area (Å²) in [5.74, 6) is -0.903. The minimum atomic E-state index is -0.700. The van der Waals surface area contributed by atoms with E-state index in [0.717, 1.165) is 5.56 Å². The van der Waals surface area contributed by atoms with Gasteiger partial charge in [0, 0.05) is 5.75 Å². The molecule has 18 heavy (non-hydrogen) atoms. The van der Waals surface area contributed by atoms with Gasteiger partial charge in [-0.15, -0.1) is 12.1 Å². The van der Waals surface area contributed by atoms with Crippen LogP contribution in [0.25, 0.3) is 0 Å². The van der Waals surface area contributed by atoms with Crippen molar-refractivity contribution in [2.75, 3.05) is 0 Å². The zero-order chi connectivity index (χ0) is 12.3. The van der Waals surface area contributed by atoms with Gasteiger partial charge in [0.15, 0.2) is 0 Å². The molecular formula is C14H10FO2Rb. The minimum Gasteiger partial charge on any atom is -0.450 e. The largest absolute Gasteiger partial charge is 1.00 e. The van der Waals surface area contributed by atoms with Crippen LogP contribution in [0.15, 0.2) is 42.5 Å². The maximum atomic E-state index is 13.5. The van der Waals surface area contributed by atoms with Crippen molar-refractivity contribution in [2.45, 2.75) is 6.92 Å². The molecule has 0 aliphatic carbocycles. The monoisotopic (exact) mass is 314 g/mol. The molecule has 4 heteroatoms. The van der Waals surface area contributed by atoms with Gasteiger partial charge in [-0.3, -0.25) is 0 Å². The molecule has 2 nitrogen and oxygen atoms in total. The zero-order valence-electron chi connectivity index (χ0n) is 10.2. The number of aryl methyl sites for hydroxylation is 1. The fourth-order valence-electron chi connectivity index (χ4n) is 1.39. The summed E-state index contributed by atoms with van der Waals surface area (Å²) in [6, 6.07) is 13.6. The van der Waals surface area contributed by atoms with Crippen molar-refractivity contribution < 1.29 is 72.1 Å². The van der Waals surface area contributed by atoms with Crippen molar-refractivity contribution in [1.29, 1.82) is 0 Å². The third-order valence-corrected chi connectivity index (χ3v) is 2.24. The van der Waals surface area contributed by atoms with Crippen LogP contribution < -0.4 is 62.9 Å². The molecule has 0 saturated heterocycles. The van der Waals surface area contributed by atoms with E-state index < -0.39 is 11.8 Å². The standard InChI is InChI=1S/C14H10FO2.Rb/c1-10-7-8-12(13(15)9-10)14(16)17-11-5-3-2-4-6-11;/h3-9H,1H3;/q-1;+1. The van der Waals surface area contributed by atoms with Gasteiger partial charge in [-0.2, -0.15) is 18.2 Å². The Kier molecular flexibility index (Phi) is 6.36. The summed E-state index contributed by atoms with van der Waals surface area (Å²) in [6.45, 7) is 1.76. The molecule has 0 N–H and O–H groups in total. The fraction of sp³-hybridized carbons (Fsp3) is 0.0714. The second-order valence-electron chi connectivity index (χ2n) is 3.61. The first-order valence-electron chi connectivity index (χ1n) is 5.11. The SMILES string of the molecule is Cc1ccc(C(=O)Oc2cc[c-]cc2)c(F)c1.[Rb+]. The van der Waals surface area contributed by atoms with Gasteiger partial charge < -0.3 is 4.74 Å². The number of benzene rings is 2. The van der Waals surface area contributed by atoms with E-state index in [9.17, 15) is 9.18 Å². The van der Waals surface area contributed by atoms with Crippen molar-refractivity contribution in [1.82, 2.24) is 0 Å². The van der Waals surface area contributed by atoms with Gasteiger partial charge in [0.2, 0.25) is 0 Å². The van der Waals surface area contributed by atoms with Crippen molar-refractivity contribution in [3.8, 4) is 5.75 Å². The van der Waals surface area contributed by atoms with E-state index in [4.69, 9.17) is 4.74 Å². The minimum absolute atomic E-state index is 0. The van der Waals surface area contributed by atoms with Crippen molar-refractivity contribution in [3.63, 3.8) is 0 Å². The van der Waals surface area contributed by atoms with Gasteiger partial charge in [-0.25, -0.2) is 9.18 Å². The topological polar surface area (TPSA) is 26.3 Å². The number of rotatable bonds is 2. The number of esters is 1. The Labute approximate surface area is 154 Å². The number of carbonyl (C=O) groups is 1. The molecule has 0 amide bonds. The smallest absolute Gasteiger partial charge is 0.450 e. The predicted octanol–water partition coefficient (Wildman–Crippen LogP) is 0.158. The van der Waals surface area contributed by atoms with Gasteiger partial charge in [0.1, 0.15) is 5.82 Å². The van der Waals surface area contributed by atoms with Crippen LogP contribution in [-0.2, 0) is 0 Å². The van der Waals surface area contributed by atoms with Crippen molar-refractivity contribution in [3.05, 3.63) is 65.5 Å². The number of hydrogen-bond donors (Lipinski definition) is 0. The summed E-state index contributed by atoms with van der Waals surface area (Å²) in [4.78, 5) is 11.7. The average Bonchev–Trinajstić information content (AvgIpc) is 2.30. The molecule has 0 heterocycles. The van der Waals surface area contributed by atoms with Crippen LogP contribution in [0.3, 0.4) is 0 Å². The Morgan fingerprint density at radius 2 is 1.89 bits per heavy atom. The number of carbonyl (C=O) groups excluding carboxylic acids is 1. The van der Waals surface area contributed by atoms with E-state index in [-0.39, 0.29) is 63.8 Å². The summed E-state index contributed by atoms with van der Waals surface area (Å²) in [6.07, 6.45) is 0. The van der Waals surface area contributed by atoms with E-state index in [1.165, 1.54) is 12.1 Å². The van der Waals surface area contributed by atoms with Crippen LogP contribution in [0, 0.1) is 18.8 Å². The van der Waals surface area contributed by atoms with E-state index >= 15 is 0 Å². The Balaban J connectivity index is 0.00000162. The number of halogens is 1. The second kappa shape index (κ2) is 7.29. The molecule has 0 aliphatic rings. The molecule has 0 spiro atoms.